The first-order chi connectivity index (χ1) is 15.3. The van der Waals surface area contributed by atoms with Crippen molar-refractivity contribution in [1.29, 1.82) is 0 Å². The topological polar surface area (TPSA) is 87.5 Å². The predicted molar refractivity (Wildman–Crippen MR) is 116 cm³/mol. The summed E-state index contributed by atoms with van der Waals surface area (Å²) in [6, 6.07) is 11.1. The minimum absolute atomic E-state index is 0.0158. The van der Waals surface area contributed by atoms with Crippen LogP contribution in [0.5, 0.6) is 5.75 Å². The lowest BCUT2D eigenvalue weighted by molar-refractivity contribution is -0.140. The highest BCUT2D eigenvalue weighted by Gasteiger charge is 2.19. The lowest BCUT2D eigenvalue weighted by Crippen LogP contribution is -2.25. The van der Waals surface area contributed by atoms with Crippen LogP contribution in [0.3, 0.4) is 0 Å². The van der Waals surface area contributed by atoms with Gasteiger partial charge in [0.05, 0.1) is 35.7 Å². The summed E-state index contributed by atoms with van der Waals surface area (Å²) < 4.78 is 35.8. The molecule has 0 atom stereocenters. The first-order valence-corrected chi connectivity index (χ1v) is 10.6. The molecule has 168 valence electrons. The number of thioether (sulfide) groups is 1. The Kier molecular flexibility index (Phi) is 7.57. The quantitative estimate of drug-likeness (QED) is 0.207. The third-order valence-electron chi connectivity index (χ3n) is 4.58. The maximum atomic E-state index is 13.0. The molecule has 0 saturated heterocycles. The number of carbonyl (C=O) groups excluding carboxylic acids is 2. The Morgan fingerprint density at radius 3 is 2.66 bits per heavy atom. The van der Waals surface area contributed by atoms with Gasteiger partial charge in [0.1, 0.15) is 5.75 Å². The summed E-state index contributed by atoms with van der Waals surface area (Å²) in [5.41, 5.74) is 0.812. The summed E-state index contributed by atoms with van der Waals surface area (Å²) in [4.78, 5) is 41.8. The number of nitrogens with zero attached hydrogens (tertiary/aromatic N) is 2. The largest absolute Gasteiger partial charge is 0.469 e. The van der Waals surface area contributed by atoms with E-state index in [0.29, 0.717) is 16.5 Å². The molecule has 1 heterocycles. The van der Waals surface area contributed by atoms with Gasteiger partial charge in [-0.2, -0.15) is 8.78 Å². The van der Waals surface area contributed by atoms with Crippen molar-refractivity contribution in [3.63, 3.8) is 0 Å². The van der Waals surface area contributed by atoms with Crippen LogP contribution in [0.4, 0.5) is 8.78 Å². The molecule has 0 radical (unpaired) electrons. The fourth-order valence-electron chi connectivity index (χ4n) is 3.03. The van der Waals surface area contributed by atoms with Crippen molar-refractivity contribution in [2.24, 2.45) is 0 Å². The predicted octanol–water partition coefficient (Wildman–Crippen LogP) is 3.84. The highest BCUT2D eigenvalue weighted by atomic mass is 32.2. The summed E-state index contributed by atoms with van der Waals surface area (Å²) in [6.45, 7) is -1.32. The molecule has 0 amide bonds. The normalized spacial score (nSPS) is 11.0. The van der Waals surface area contributed by atoms with Crippen LogP contribution in [0.25, 0.3) is 10.9 Å². The summed E-state index contributed by atoms with van der Waals surface area (Å²) in [7, 11) is 1.25. The van der Waals surface area contributed by atoms with E-state index >= 15 is 0 Å². The van der Waals surface area contributed by atoms with Gasteiger partial charge >= 0.3 is 12.6 Å². The maximum Gasteiger partial charge on any atom is 0.387 e. The van der Waals surface area contributed by atoms with Gasteiger partial charge in [-0.15, -0.1) is 0 Å². The average molecular weight is 462 g/mol. The number of hydrogen-bond donors (Lipinski definition) is 0. The minimum Gasteiger partial charge on any atom is -0.469 e. The molecule has 2 aromatic carbocycles. The number of methoxy groups -OCH3 is 1. The molecule has 3 aromatic rings. The molecule has 7 nitrogen and oxygen atoms in total. The van der Waals surface area contributed by atoms with Gasteiger partial charge in [-0.3, -0.25) is 19.0 Å². The molecule has 0 aliphatic heterocycles. The number of aromatic nitrogens is 2. The number of carbonyl (C=O) groups is 2. The van der Waals surface area contributed by atoms with Crippen LogP contribution in [0.1, 0.15) is 22.3 Å². The zero-order valence-corrected chi connectivity index (χ0v) is 18.2. The number of aryl methyl sites for hydroxylation is 1. The zero-order chi connectivity index (χ0) is 23.3. The van der Waals surface area contributed by atoms with E-state index in [0.717, 1.165) is 11.8 Å². The number of benzene rings is 2. The molecule has 32 heavy (non-hydrogen) atoms. The van der Waals surface area contributed by atoms with Gasteiger partial charge in [0.15, 0.2) is 10.9 Å². The number of esters is 1. The molecule has 0 saturated carbocycles. The molecule has 0 fully saturated rings. The van der Waals surface area contributed by atoms with E-state index in [-0.39, 0.29) is 40.7 Å². The zero-order valence-electron chi connectivity index (χ0n) is 17.3. The number of ether oxygens (including phenoxy) is 2. The molecular formula is C22H20F2N2O5S. The summed E-state index contributed by atoms with van der Waals surface area (Å²) >= 11 is 0.979. The van der Waals surface area contributed by atoms with Crippen molar-refractivity contribution in [2.75, 3.05) is 12.9 Å². The van der Waals surface area contributed by atoms with Crippen LogP contribution in [0.15, 0.2) is 52.4 Å². The summed E-state index contributed by atoms with van der Waals surface area (Å²) in [5, 5.41) is 0.606. The Hall–Kier alpha value is -3.27. The van der Waals surface area contributed by atoms with Crippen molar-refractivity contribution >= 4 is 34.4 Å². The molecule has 3 rings (SSSR count). The van der Waals surface area contributed by atoms with E-state index in [1.165, 1.54) is 23.8 Å². The van der Waals surface area contributed by atoms with Gasteiger partial charge in [-0.1, -0.05) is 35.5 Å². The molecule has 0 unspecified atom stereocenters. The Morgan fingerprint density at radius 1 is 1.19 bits per heavy atom. The van der Waals surface area contributed by atoms with Gasteiger partial charge in [0, 0.05) is 6.54 Å². The smallest absolute Gasteiger partial charge is 0.387 e. The van der Waals surface area contributed by atoms with E-state index in [1.807, 2.05) is 0 Å². The van der Waals surface area contributed by atoms with E-state index in [9.17, 15) is 23.2 Å². The van der Waals surface area contributed by atoms with E-state index in [4.69, 9.17) is 0 Å². The molecule has 0 aliphatic carbocycles. The third kappa shape index (κ3) is 5.50. The standard InChI is InChI=1S/C22H20F2N2O5S/c1-13-7-8-18(31-21(23)24)15(11-13)17(27)12-32-22-25-16-6-4-3-5-14(16)20(29)26(22)10-9-19(28)30-2/h3-8,11,21H,9-10,12H2,1-2H3. The average Bonchev–Trinajstić information content (AvgIpc) is 2.77. The van der Waals surface area contributed by atoms with Crippen molar-refractivity contribution < 1.29 is 27.8 Å². The Morgan fingerprint density at radius 2 is 1.94 bits per heavy atom. The molecule has 0 spiro atoms. The molecule has 0 bridgehead atoms. The maximum absolute atomic E-state index is 13.0. The summed E-state index contributed by atoms with van der Waals surface area (Å²) in [6.07, 6.45) is -0.0534. The van der Waals surface area contributed by atoms with Gasteiger partial charge < -0.3 is 9.47 Å². The van der Waals surface area contributed by atoms with E-state index in [1.54, 1.807) is 37.3 Å². The SMILES string of the molecule is COC(=O)CCn1c(SCC(=O)c2cc(C)ccc2OC(F)F)nc2ccccc2c1=O. The lowest BCUT2D eigenvalue weighted by atomic mass is 10.1. The molecule has 1 aromatic heterocycles. The number of rotatable bonds is 9. The fraction of sp³-hybridized carbons (Fsp3) is 0.273. The van der Waals surface area contributed by atoms with Crippen LogP contribution < -0.4 is 10.3 Å². The lowest BCUT2D eigenvalue weighted by Gasteiger charge is -2.13. The summed E-state index contributed by atoms with van der Waals surface area (Å²) in [5.74, 6) is -1.35. The van der Waals surface area contributed by atoms with E-state index in [2.05, 4.69) is 14.5 Å². The second-order valence-electron chi connectivity index (χ2n) is 6.78. The minimum atomic E-state index is -3.07. The monoisotopic (exact) mass is 462 g/mol. The molecule has 10 heteroatoms. The second-order valence-corrected chi connectivity index (χ2v) is 7.73. The Balaban J connectivity index is 1.91. The van der Waals surface area contributed by atoms with Crippen molar-refractivity contribution in [1.82, 2.24) is 9.55 Å². The number of Topliss-reactive ketones (excluding diaryl/α,β-unsaturated/α-hetero) is 1. The van der Waals surface area contributed by atoms with Crippen LogP contribution in [-0.2, 0) is 16.1 Å². The van der Waals surface area contributed by atoms with E-state index < -0.39 is 18.4 Å². The highest BCUT2D eigenvalue weighted by Crippen LogP contribution is 2.26. The second kappa shape index (κ2) is 10.4. The first-order valence-electron chi connectivity index (χ1n) is 9.58. The molecule has 0 N–H and O–H groups in total. The molecule has 0 aliphatic rings. The number of para-hydroxylation sites is 1. The van der Waals surface area contributed by atoms with Gasteiger partial charge in [0.25, 0.3) is 5.56 Å². The van der Waals surface area contributed by atoms with Crippen molar-refractivity contribution in [2.45, 2.75) is 31.7 Å². The first kappa shape index (κ1) is 23.4. The third-order valence-corrected chi connectivity index (χ3v) is 5.55. The van der Waals surface area contributed by atoms with Crippen molar-refractivity contribution in [3.05, 3.63) is 63.9 Å². The Bertz CT molecular complexity index is 1210. The number of hydrogen-bond acceptors (Lipinski definition) is 7. The molecular weight excluding hydrogens is 442 g/mol. The van der Waals surface area contributed by atoms with Crippen LogP contribution in [-0.4, -0.2) is 40.8 Å². The van der Waals surface area contributed by atoms with Crippen LogP contribution in [0, 0.1) is 6.92 Å². The van der Waals surface area contributed by atoms with Gasteiger partial charge in [-0.05, 0) is 31.2 Å². The number of halogens is 2. The number of fused-ring (bicyclic) bond motifs is 1. The van der Waals surface area contributed by atoms with Crippen LogP contribution >= 0.6 is 11.8 Å². The fourth-order valence-corrected chi connectivity index (χ4v) is 3.94. The Labute approximate surface area is 186 Å². The van der Waals surface area contributed by atoms with Gasteiger partial charge in [0.2, 0.25) is 0 Å². The van der Waals surface area contributed by atoms with Crippen LogP contribution in [0.2, 0.25) is 0 Å². The van der Waals surface area contributed by atoms with Crippen molar-refractivity contribution in [3.8, 4) is 5.75 Å². The van der Waals surface area contributed by atoms with Gasteiger partial charge in [-0.25, -0.2) is 4.98 Å². The highest BCUT2D eigenvalue weighted by molar-refractivity contribution is 7.99. The number of alkyl halides is 2. The number of ketones is 1.